The van der Waals surface area contributed by atoms with E-state index in [0.29, 0.717) is 4.47 Å². The Labute approximate surface area is 155 Å². The predicted octanol–water partition coefficient (Wildman–Crippen LogP) is 3.65. The summed E-state index contributed by atoms with van der Waals surface area (Å²) in [5, 5.41) is 11.5. The second kappa shape index (κ2) is 8.37. The lowest BCUT2D eigenvalue weighted by Crippen LogP contribution is -2.35. The van der Waals surface area contributed by atoms with Gasteiger partial charge in [0.1, 0.15) is 11.5 Å². The number of ether oxygens (including phenoxy) is 2. The maximum Gasteiger partial charge on any atom is 0.573 e. The fourth-order valence-corrected chi connectivity index (χ4v) is 2.25. The molecule has 0 unspecified atom stereocenters. The zero-order valence-electron chi connectivity index (χ0n) is 13.4. The summed E-state index contributed by atoms with van der Waals surface area (Å²) in [6.07, 6.45) is -3.56. The normalized spacial score (nSPS) is 12.4. The lowest BCUT2D eigenvalue weighted by molar-refractivity contribution is -0.274. The first kappa shape index (κ1) is 20.0. The first-order valence-corrected chi connectivity index (χ1v) is 8.08. The molecule has 26 heavy (non-hydrogen) atoms. The molecule has 0 aliphatic carbocycles. The summed E-state index contributed by atoms with van der Waals surface area (Å²) < 4.78 is 46.4. The van der Waals surface area contributed by atoms with Crippen molar-refractivity contribution in [2.45, 2.75) is 19.3 Å². The molecule has 1 atom stereocenters. The van der Waals surface area contributed by atoms with Crippen LogP contribution in [0.1, 0.15) is 17.3 Å². The molecule has 0 bridgehead atoms. The molecule has 1 heterocycles. The lowest BCUT2D eigenvalue weighted by atomic mass is 10.2. The van der Waals surface area contributed by atoms with Crippen LogP contribution in [0, 0.1) is 0 Å². The van der Waals surface area contributed by atoms with E-state index < -0.39 is 24.1 Å². The molecule has 0 radical (unpaired) electrons. The molecule has 2 N–H and O–H groups in total. The van der Waals surface area contributed by atoms with Crippen molar-refractivity contribution in [3.8, 4) is 17.4 Å². The number of nitrogens with zero attached hydrogens (tertiary/aromatic N) is 1. The van der Waals surface area contributed by atoms with Crippen molar-refractivity contribution in [2.75, 3.05) is 6.61 Å². The Hall–Kier alpha value is -2.33. The van der Waals surface area contributed by atoms with Crippen LogP contribution < -0.4 is 14.8 Å². The van der Waals surface area contributed by atoms with Crippen LogP contribution >= 0.6 is 15.9 Å². The minimum absolute atomic E-state index is 0.0564. The molecule has 1 aromatic carbocycles. The Morgan fingerprint density at radius 3 is 2.65 bits per heavy atom. The second-order valence-electron chi connectivity index (χ2n) is 5.19. The van der Waals surface area contributed by atoms with Crippen molar-refractivity contribution in [3.05, 3.63) is 46.6 Å². The Balaban J connectivity index is 2.13. The number of rotatable bonds is 6. The van der Waals surface area contributed by atoms with E-state index in [1.807, 2.05) is 0 Å². The fraction of sp³-hybridized carbons (Fsp3) is 0.250. The first-order valence-electron chi connectivity index (χ1n) is 7.29. The number of carbonyl (C=O) groups is 1. The van der Waals surface area contributed by atoms with Gasteiger partial charge in [-0.2, -0.15) is 0 Å². The van der Waals surface area contributed by atoms with Crippen molar-refractivity contribution in [1.82, 2.24) is 10.3 Å². The third kappa shape index (κ3) is 5.88. The van der Waals surface area contributed by atoms with Gasteiger partial charge in [0.25, 0.3) is 5.91 Å². The molecule has 0 spiro atoms. The number of aliphatic hydroxyl groups excluding tert-OH is 1. The standard InChI is InChI=1S/C16H14BrF3N2O4/c1-9(8-23)22-14(24)10-5-13(17)15(21-7-10)25-11-3-2-4-12(6-11)26-16(18,19)20/h2-7,9,23H,8H2,1H3,(H,22,24)/t9-/m1/s1. The third-order valence-electron chi connectivity index (χ3n) is 2.97. The Morgan fingerprint density at radius 1 is 1.35 bits per heavy atom. The number of aliphatic hydroxyl groups is 1. The highest BCUT2D eigenvalue weighted by Gasteiger charge is 2.31. The summed E-state index contributed by atoms with van der Waals surface area (Å²) in [5.74, 6) is -0.737. The van der Waals surface area contributed by atoms with Gasteiger partial charge < -0.3 is 19.9 Å². The summed E-state index contributed by atoms with van der Waals surface area (Å²) in [6.45, 7) is 1.42. The molecule has 1 aromatic heterocycles. The molecule has 2 rings (SSSR count). The number of amides is 1. The molecule has 6 nitrogen and oxygen atoms in total. The van der Waals surface area contributed by atoms with Gasteiger partial charge in [0, 0.05) is 18.3 Å². The number of alkyl halides is 3. The SMILES string of the molecule is C[C@H](CO)NC(=O)c1cnc(Oc2cccc(OC(F)(F)F)c2)c(Br)c1. The summed E-state index contributed by atoms with van der Waals surface area (Å²) >= 11 is 3.20. The van der Waals surface area contributed by atoms with E-state index in [4.69, 9.17) is 9.84 Å². The number of nitrogens with one attached hydrogen (secondary N) is 1. The summed E-state index contributed by atoms with van der Waals surface area (Å²) in [4.78, 5) is 15.9. The average Bonchev–Trinajstić information content (AvgIpc) is 2.55. The lowest BCUT2D eigenvalue weighted by Gasteiger charge is -2.12. The molecule has 2 aromatic rings. The van der Waals surface area contributed by atoms with Gasteiger partial charge in [-0.05, 0) is 41.1 Å². The molecular formula is C16H14BrF3N2O4. The van der Waals surface area contributed by atoms with Gasteiger partial charge in [0.05, 0.1) is 16.6 Å². The van der Waals surface area contributed by atoms with Crippen LogP contribution in [0.4, 0.5) is 13.2 Å². The zero-order chi connectivity index (χ0) is 19.3. The van der Waals surface area contributed by atoms with Crippen LogP contribution in [0.3, 0.4) is 0 Å². The third-order valence-corrected chi connectivity index (χ3v) is 3.54. The van der Waals surface area contributed by atoms with Crippen molar-refractivity contribution >= 4 is 21.8 Å². The van der Waals surface area contributed by atoms with E-state index in [2.05, 4.69) is 31.0 Å². The van der Waals surface area contributed by atoms with Crippen molar-refractivity contribution in [2.24, 2.45) is 0 Å². The van der Waals surface area contributed by atoms with Crippen LogP contribution in [0.2, 0.25) is 0 Å². The quantitative estimate of drug-likeness (QED) is 0.725. The molecule has 140 valence electrons. The molecule has 0 aliphatic rings. The smallest absolute Gasteiger partial charge is 0.438 e. The number of benzene rings is 1. The first-order chi connectivity index (χ1) is 12.2. The minimum Gasteiger partial charge on any atom is -0.438 e. The van der Waals surface area contributed by atoms with Crippen LogP contribution in [-0.2, 0) is 0 Å². The minimum atomic E-state index is -4.81. The van der Waals surface area contributed by atoms with Crippen LogP contribution in [0.25, 0.3) is 0 Å². The fourth-order valence-electron chi connectivity index (χ4n) is 1.82. The highest BCUT2D eigenvalue weighted by molar-refractivity contribution is 9.10. The van der Waals surface area contributed by atoms with Gasteiger partial charge in [0.2, 0.25) is 5.88 Å². The molecule has 0 saturated carbocycles. The molecule has 10 heteroatoms. The number of pyridine rings is 1. The van der Waals surface area contributed by atoms with Crippen molar-refractivity contribution in [1.29, 1.82) is 0 Å². The number of halogens is 4. The zero-order valence-corrected chi connectivity index (χ0v) is 15.0. The van der Waals surface area contributed by atoms with Gasteiger partial charge >= 0.3 is 6.36 Å². The molecule has 0 aliphatic heterocycles. The maximum atomic E-state index is 12.3. The van der Waals surface area contributed by atoms with Gasteiger partial charge in [-0.1, -0.05) is 6.07 Å². The van der Waals surface area contributed by atoms with Gasteiger partial charge in [-0.25, -0.2) is 4.98 Å². The maximum absolute atomic E-state index is 12.3. The van der Waals surface area contributed by atoms with Crippen LogP contribution in [-0.4, -0.2) is 35.0 Å². The van der Waals surface area contributed by atoms with E-state index in [0.717, 1.165) is 12.1 Å². The number of carbonyl (C=O) groups excluding carboxylic acids is 1. The van der Waals surface area contributed by atoms with E-state index in [-0.39, 0.29) is 23.8 Å². The molecule has 1 amide bonds. The summed E-state index contributed by atoms with van der Waals surface area (Å²) in [6, 6.07) is 5.98. The molecule has 0 fully saturated rings. The highest BCUT2D eigenvalue weighted by Crippen LogP contribution is 2.31. The van der Waals surface area contributed by atoms with E-state index in [1.165, 1.54) is 24.4 Å². The Morgan fingerprint density at radius 2 is 2.04 bits per heavy atom. The average molecular weight is 435 g/mol. The summed E-state index contributed by atoms with van der Waals surface area (Å²) in [7, 11) is 0. The van der Waals surface area contributed by atoms with Crippen molar-refractivity contribution in [3.63, 3.8) is 0 Å². The van der Waals surface area contributed by atoms with Gasteiger partial charge in [-0.3, -0.25) is 4.79 Å². The van der Waals surface area contributed by atoms with E-state index in [9.17, 15) is 18.0 Å². The summed E-state index contributed by atoms with van der Waals surface area (Å²) in [5.41, 5.74) is 0.221. The van der Waals surface area contributed by atoms with E-state index >= 15 is 0 Å². The number of hydrogen-bond donors (Lipinski definition) is 2. The van der Waals surface area contributed by atoms with Crippen LogP contribution in [0.15, 0.2) is 41.0 Å². The Kier molecular flexibility index (Phi) is 6.43. The highest BCUT2D eigenvalue weighted by atomic mass is 79.9. The van der Waals surface area contributed by atoms with Gasteiger partial charge in [0.15, 0.2) is 0 Å². The monoisotopic (exact) mass is 434 g/mol. The molecule has 0 saturated heterocycles. The van der Waals surface area contributed by atoms with Crippen LogP contribution in [0.5, 0.6) is 17.4 Å². The van der Waals surface area contributed by atoms with Gasteiger partial charge in [-0.15, -0.1) is 13.2 Å². The second-order valence-corrected chi connectivity index (χ2v) is 6.05. The topological polar surface area (TPSA) is 80.7 Å². The largest absolute Gasteiger partial charge is 0.573 e. The molecular weight excluding hydrogens is 421 g/mol. The number of hydrogen-bond acceptors (Lipinski definition) is 5. The Bertz CT molecular complexity index is 786. The van der Waals surface area contributed by atoms with E-state index in [1.54, 1.807) is 6.92 Å². The number of aromatic nitrogens is 1. The van der Waals surface area contributed by atoms with Crippen molar-refractivity contribution < 1.29 is 32.5 Å². The predicted molar refractivity (Wildman–Crippen MR) is 89.2 cm³/mol.